The number of ether oxygens (including phenoxy) is 6. The van der Waals surface area contributed by atoms with E-state index in [-0.39, 0.29) is 66.3 Å². The van der Waals surface area contributed by atoms with Gasteiger partial charge in [0.15, 0.2) is 41.3 Å². The van der Waals surface area contributed by atoms with Gasteiger partial charge in [-0.25, -0.2) is 9.59 Å². The zero-order chi connectivity index (χ0) is 40.0. The quantitative estimate of drug-likeness (QED) is 0.0487. The van der Waals surface area contributed by atoms with Crippen LogP contribution in [-0.4, -0.2) is 124 Å². The van der Waals surface area contributed by atoms with Gasteiger partial charge in [-0.2, -0.15) is 0 Å². The molecule has 2 aliphatic heterocycles. The zero-order valence-corrected chi connectivity index (χ0v) is 30.1. The molecule has 0 saturated carbocycles. The molecule has 0 aliphatic carbocycles. The minimum atomic E-state index is -2.42. The van der Waals surface area contributed by atoms with Crippen LogP contribution in [0.2, 0.25) is 0 Å². The topological polar surface area (TPSA) is 294 Å². The number of phenols is 2. The molecule has 5 rings (SSSR count). The Morgan fingerprint density at radius 2 is 1.76 bits per heavy atom. The average Bonchev–Trinajstić information content (AvgIpc) is 3.16. The second-order valence-corrected chi connectivity index (χ2v) is 12.5. The summed E-state index contributed by atoms with van der Waals surface area (Å²) in [6, 6.07) is 11.6. The first-order valence-corrected chi connectivity index (χ1v) is 17.1. The lowest BCUT2D eigenvalue weighted by Crippen LogP contribution is -2.70. The van der Waals surface area contributed by atoms with Gasteiger partial charge in [-0.1, -0.05) is 30.3 Å². The number of guanidine groups is 1. The summed E-state index contributed by atoms with van der Waals surface area (Å²) < 4.78 is 34.1. The number of aliphatic hydroxyl groups excluding tert-OH is 4. The number of esters is 1. The monoisotopic (exact) mass is 772 g/mol. The fourth-order valence-electron chi connectivity index (χ4n) is 6.33. The first-order chi connectivity index (χ1) is 26.3. The standard InChI is InChI=1S/C36H44N4O15/c1-4-39-20-15-22(21(14-19(20)31(46)47)52-16-40-35(37)38-2)53-33-26(43)25(42)30(45)36(55-33)12-10-18-23(32(48)54-34(36)49)24(41)29(27(44)28(18)50-3)51-13-11-17-8-6-5-7-9-17/h5-9,14-15,25-26,30,33-34,39,41-45,49H,4,10-13,16H2,1-3H3,(H,46,47)(H3,37,38,40)/t25-,26-,30+,33-,34-,36+/m1/s1. The molecular formula is C36H44N4O15. The number of cyclic esters (lactones) is 1. The summed E-state index contributed by atoms with van der Waals surface area (Å²) in [6.07, 6.45) is -11.0. The van der Waals surface area contributed by atoms with Gasteiger partial charge in [-0.15, -0.1) is 0 Å². The maximum Gasteiger partial charge on any atom is 0.344 e. The van der Waals surface area contributed by atoms with Gasteiger partial charge in [0.25, 0.3) is 0 Å². The van der Waals surface area contributed by atoms with E-state index in [4.69, 9.17) is 34.2 Å². The van der Waals surface area contributed by atoms with Crippen LogP contribution < -0.4 is 35.3 Å². The highest BCUT2D eigenvalue weighted by atomic mass is 16.7. The van der Waals surface area contributed by atoms with Crippen molar-refractivity contribution in [3.8, 4) is 34.5 Å². The van der Waals surface area contributed by atoms with Gasteiger partial charge < -0.3 is 80.5 Å². The Kier molecular flexibility index (Phi) is 12.6. The molecule has 2 aliphatic rings. The lowest BCUT2D eigenvalue weighted by atomic mass is 9.80. The van der Waals surface area contributed by atoms with Crippen LogP contribution in [0, 0.1) is 0 Å². The van der Waals surface area contributed by atoms with E-state index in [0.29, 0.717) is 6.42 Å². The van der Waals surface area contributed by atoms with E-state index in [1.165, 1.54) is 20.2 Å². The van der Waals surface area contributed by atoms with Gasteiger partial charge in [-0.05, 0) is 25.3 Å². The van der Waals surface area contributed by atoms with E-state index in [0.717, 1.165) is 11.6 Å². The van der Waals surface area contributed by atoms with Crippen LogP contribution >= 0.6 is 0 Å². The van der Waals surface area contributed by atoms with Crippen molar-refractivity contribution < 1.29 is 73.8 Å². The number of carbonyl (C=O) groups excluding carboxylic acids is 1. The van der Waals surface area contributed by atoms with Crippen LogP contribution in [0.15, 0.2) is 47.5 Å². The summed E-state index contributed by atoms with van der Waals surface area (Å²) in [5.74, 6) is -5.29. The largest absolute Gasteiger partial charge is 0.504 e. The number of methoxy groups -OCH3 is 1. The number of nitrogens with one attached hydrogen (secondary N) is 2. The van der Waals surface area contributed by atoms with Gasteiger partial charge >= 0.3 is 11.9 Å². The molecule has 0 radical (unpaired) electrons. The highest BCUT2D eigenvalue weighted by Crippen LogP contribution is 2.51. The second kappa shape index (κ2) is 17.2. The number of phenolic OH excluding ortho intramolecular Hbond substituents is 2. The number of aromatic carboxylic acids is 1. The first kappa shape index (κ1) is 40.5. The van der Waals surface area contributed by atoms with Gasteiger partial charge in [-0.3, -0.25) is 4.99 Å². The average molecular weight is 773 g/mol. The zero-order valence-electron chi connectivity index (χ0n) is 30.1. The number of nitrogens with two attached hydrogens (primary N) is 1. The molecule has 0 aromatic heterocycles. The third-order valence-electron chi connectivity index (χ3n) is 9.18. The van der Waals surface area contributed by atoms with Crippen molar-refractivity contribution in [3.63, 3.8) is 0 Å². The number of rotatable bonds is 13. The molecule has 0 bridgehead atoms. The predicted molar refractivity (Wildman–Crippen MR) is 192 cm³/mol. The van der Waals surface area contributed by atoms with Crippen LogP contribution in [0.5, 0.6) is 34.5 Å². The second-order valence-electron chi connectivity index (χ2n) is 12.5. The van der Waals surface area contributed by atoms with Crippen LogP contribution in [0.1, 0.15) is 45.2 Å². The summed E-state index contributed by atoms with van der Waals surface area (Å²) in [5, 5.41) is 82.7. The third-order valence-corrected chi connectivity index (χ3v) is 9.18. The maximum absolute atomic E-state index is 13.7. The molecule has 19 nitrogen and oxygen atoms in total. The number of aliphatic hydroxyl groups is 4. The van der Waals surface area contributed by atoms with Crippen molar-refractivity contribution in [2.75, 3.05) is 39.4 Å². The Bertz CT molecular complexity index is 1890. The van der Waals surface area contributed by atoms with Gasteiger partial charge in [0.1, 0.15) is 23.9 Å². The SMILES string of the molecule is CCNc1cc(O[C@@H]2O[C@@]3(CCc4c(OC)c(O)c(OCCc5ccccc5)c(O)c4C(=O)O[C@H]3O)[C@@H](O)[C@H](O)[C@H]2O)c(OCNC(N)=NC)cc1C(=O)O. The van der Waals surface area contributed by atoms with E-state index in [2.05, 4.69) is 15.6 Å². The molecule has 11 N–H and O–H groups in total. The van der Waals surface area contributed by atoms with Gasteiger partial charge in [0.2, 0.25) is 24.1 Å². The number of hydrogen-bond acceptors (Lipinski definition) is 16. The molecular weight excluding hydrogens is 728 g/mol. The number of benzene rings is 3. The number of carboxylic acid groups (broad SMARTS) is 1. The number of hydrogen-bond donors (Lipinski definition) is 10. The minimum absolute atomic E-state index is 0.00486. The van der Waals surface area contributed by atoms with Gasteiger partial charge in [0, 0.05) is 37.7 Å². The Labute approximate surface area is 314 Å². The summed E-state index contributed by atoms with van der Waals surface area (Å²) in [4.78, 5) is 29.5. The summed E-state index contributed by atoms with van der Waals surface area (Å²) >= 11 is 0. The summed E-state index contributed by atoms with van der Waals surface area (Å²) in [6.45, 7) is 1.66. The van der Waals surface area contributed by atoms with E-state index < -0.39 is 77.7 Å². The molecule has 0 amide bonds. The fraction of sp³-hybridized carbons (Fsp3) is 0.417. The minimum Gasteiger partial charge on any atom is -0.504 e. The molecule has 19 heteroatoms. The van der Waals surface area contributed by atoms with Crippen molar-refractivity contribution in [1.82, 2.24) is 5.32 Å². The third kappa shape index (κ3) is 8.20. The van der Waals surface area contributed by atoms with Crippen molar-refractivity contribution >= 4 is 23.6 Å². The fourth-order valence-corrected chi connectivity index (χ4v) is 6.33. The molecule has 3 aromatic carbocycles. The van der Waals surface area contributed by atoms with Crippen LogP contribution in [-0.2, 0) is 22.3 Å². The number of carbonyl (C=O) groups is 2. The van der Waals surface area contributed by atoms with Crippen LogP contribution in [0.3, 0.4) is 0 Å². The van der Waals surface area contributed by atoms with Crippen molar-refractivity contribution in [3.05, 3.63) is 64.7 Å². The lowest BCUT2D eigenvalue weighted by Gasteiger charge is -2.50. The number of carboxylic acids is 1. The predicted octanol–water partition coefficient (Wildman–Crippen LogP) is 0.407. The summed E-state index contributed by atoms with van der Waals surface area (Å²) in [7, 11) is 2.61. The smallest absolute Gasteiger partial charge is 0.344 e. The van der Waals surface area contributed by atoms with Crippen LogP contribution in [0.4, 0.5) is 5.69 Å². The first-order valence-electron chi connectivity index (χ1n) is 17.1. The van der Waals surface area contributed by atoms with E-state index in [9.17, 15) is 45.3 Å². The van der Waals surface area contributed by atoms with E-state index >= 15 is 0 Å². The Morgan fingerprint density at radius 1 is 1.04 bits per heavy atom. The van der Waals surface area contributed by atoms with Crippen molar-refractivity contribution in [2.24, 2.45) is 10.7 Å². The molecule has 2 heterocycles. The molecule has 1 fully saturated rings. The molecule has 1 saturated heterocycles. The van der Waals surface area contributed by atoms with E-state index in [1.54, 1.807) is 6.92 Å². The molecule has 0 unspecified atom stereocenters. The lowest BCUT2D eigenvalue weighted by molar-refractivity contribution is -0.357. The number of aliphatic imine (C=N–C) groups is 1. The Hall–Kier alpha value is -5.73. The van der Waals surface area contributed by atoms with Crippen molar-refractivity contribution in [2.45, 2.75) is 62.7 Å². The highest BCUT2D eigenvalue weighted by Gasteiger charge is 2.60. The normalized spacial score (nSPS) is 23.8. The molecule has 3 aromatic rings. The maximum atomic E-state index is 13.7. The Balaban J connectivity index is 1.49. The highest BCUT2D eigenvalue weighted by molar-refractivity contribution is 5.97. The Morgan fingerprint density at radius 3 is 2.42 bits per heavy atom. The number of anilines is 1. The number of fused-ring (bicyclic) bond motifs is 1. The summed E-state index contributed by atoms with van der Waals surface area (Å²) in [5.41, 5.74) is 3.39. The molecule has 1 spiro atoms. The number of aromatic hydroxyl groups is 2. The molecule has 55 heavy (non-hydrogen) atoms. The van der Waals surface area contributed by atoms with Crippen LogP contribution in [0.25, 0.3) is 0 Å². The molecule has 6 atom stereocenters. The molecule has 298 valence electrons. The van der Waals surface area contributed by atoms with Gasteiger partial charge in [0.05, 0.1) is 25.0 Å². The van der Waals surface area contributed by atoms with Crippen molar-refractivity contribution in [1.29, 1.82) is 0 Å². The van der Waals surface area contributed by atoms with E-state index in [1.807, 2.05) is 30.3 Å². The number of nitrogens with zero attached hydrogens (tertiary/aromatic N) is 1.